The van der Waals surface area contributed by atoms with Crippen molar-refractivity contribution in [3.05, 3.63) is 75.2 Å². The number of aromatic nitrogens is 5. The molecule has 2 saturated heterocycles. The van der Waals surface area contributed by atoms with Crippen LogP contribution in [-0.4, -0.2) is 90.7 Å². The maximum atomic E-state index is 16.1. The molecule has 0 spiro atoms. The van der Waals surface area contributed by atoms with Crippen molar-refractivity contribution in [3.63, 3.8) is 0 Å². The van der Waals surface area contributed by atoms with E-state index in [1.54, 1.807) is 39.1 Å². The second-order valence-corrected chi connectivity index (χ2v) is 18.1. The third-order valence-corrected chi connectivity index (χ3v) is 13.5. The highest BCUT2D eigenvalue weighted by atomic mass is 32.1. The van der Waals surface area contributed by atoms with E-state index < -0.39 is 47.2 Å². The Bertz CT molecular complexity index is 2580. The van der Waals surface area contributed by atoms with Gasteiger partial charge in [-0.2, -0.15) is 13.2 Å². The van der Waals surface area contributed by atoms with Crippen LogP contribution in [-0.2, 0) is 28.4 Å². The number of aryl methyl sites for hydroxylation is 1. The number of nitrogens with one attached hydrogen (secondary N) is 2. The minimum absolute atomic E-state index is 0.141. The van der Waals surface area contributed by atoms with Crippen LogP contribution in [0.4, 0.5) is 28.9 Å². The lowest BCUT2D eigenvalue weighted by atomic mass is 9.81. The number of carbonyl (C=O) groups is 3. The normalized spacial score (nSPS) is 22.9. The van der Waals surface area contributed by atoms with Gasteiger partial charge in [0.2, 0.25) is 11.8 Å². The van der Waals surface area contributed by atoms with E-state index in [9.17, 15) is 37.5 Å². The summed E-state index contributed by atoms with van der Waals surface area (Å²) in [6, 6.07) is 7.75. The topological polar surface area (TPSA) is 168 Å². The maximum Gasteiger partial charge on any atom is 0.434 e. The van der Waals surface area contributed by atoms with Gasteiger partial charge in [0.15, 0.2) is 5.69 Å². The summed E-state index contributed by atoms with van der Waals surface area (Å²) in [5.41, 5.74) is -0.459. The van der Waals surface area contributed by atoms with Gasteiger partial charge in [-0.3, -0.25) is 33.8 Å². The molecule has 5 aromatic rings. The van der Waals surface area contributed by atoms with Crippen LogP contribution in [0.3, 0.4) is 0 Å². The lowest BCUT2D eigenvalue weighted by Crippen LogP contribution is -2.52. The largest absolute Gasteiger partial charge is 0.434 e. The molecular formula is C42H47F4N9O5S. The summed E-state index contributed by atoms with van der Waals surface area (Å²) in [6.45, 7) is 4.56. The zero-order chi connectivity index (χ0) is 43.5. The Hall–Kier alpha value is -5.27. The van der Waals surface area contributed by atoms with Crippen molar-refractivity contribution in [2.24, 2.45) is 13.0 Å². The summed E-state index contributed by atoms with van der Waals surface area (Å²) in [4.78, 5) is 67.0. The van der Waals surface area contributed by atoms with E-state index in [0.717, 1.165) is 53.8 Å². The first-order valence-corrected chi connectivity index (χ1v) is 21.2. The second-order valence-electron chi connectivity index (χ2n) is 17.0. The van der Waals surface area contributed by atoms with E-state index in [4.69, 9.17) is 4.98 Å². The highest BCUT2D eigenvalue weighted by Gasteiger charge is 2.37. The number of imidazole rings is 1. The molecule has 8 rings (SSSR count). The Labute approximate surface area is 352 Å². The minimum Gasteiger partial charge on any atom is -0.386 e. The summed E-state index contributed by atoms with van der Waals surface area (Å²) >= 11 is 1.48. The van der Waals surface area contributed by atoms with Crippen molar-refractivity contribution in [2.75, 3.05) is 36.9 Å². The number of carbonyl (C=O) groups excluding carboxylic acids is 3. The minimum atomic E-state index is -4.77. The van der Waals surface area contributed by atoms with Gasteiger partial charge in [0.05, 0.1) is 56.5 Å². The summed E-state index contributed by atoms with van der Waals surface area (Å²) in [7, 11) is 3.63. The van der Waals surface area contributed by atoms with Crippen molar-refractivity contribution in [3.8, 4) is 0 Å². The number of rotatable bonds is 9. The van der Waals surface area contributed by atoms with Crippen LogP contribution in [0, 0.1) is 5.92 Å². The van der Waals surface area contributed by atoms with Gasteiger partial charge in [-0.05, 0) is 89.6 Å². The fourth-order valence-corrected chi connectivity index (χ4v) is 10.4. The molecule has 1 saturated carbocycles. The molecule has 324 valence electrons. The monoisotopic (exact) mass is 865 g/mol. The van der Waals surface area contributed by atoms with Gasteiger partial charge < -0.3 is 20.2 Å². The quantitative estimate of drug-likeness (QED) is 0.118. The Kier molecular flexibility index (Phi) is 11.3. The summed E-state index contributed by atoms with van der Waals surface area (Å²) in [5.74, 6) is -1.22. The van der Waals surface area contributed by atoms with Crippen molar-refractivity contribution >= 4 is 61.7 Å². The third kappa shape index (κ3) is 8.38. The van der Waals surface area contributed by atoms with Crippen LogP contribution < -0.4 is 21.2 Å². The maximum absolute atomic E-state index is 16.1. The fourth-order valence-electron chi connectivity index (χ4n) is 9.22. The number of hydrogen-bond donors (Lipinski definition) is 3. The van der Waals surface area contributed by atoms with Crippen LogP contribution in [0.5, 0.6) is 0 Å². The SMILES string of the molecule is CN(CC1CCC(c2nc3cc(C(C)(C)O)c(NC(=O)c4cncc(C(F)(F)F)n4)cc3s2)CC1)[C@@H]1CCN(c2cccc3c2n(C)c(=O)n3C2CCC(=O)NC2=O)C[C@@H]1F. The van der Waals surface area contributed by atoms with Crippen molar-refractivity contribution < 1.29 is 37.1 Å². The number of piperidine rings is 2. The average Bonchev–Trinajstić information content (AvgIpc) is 3.74. The second kappa shape index (κ2) is 16.2. The van der Waals surface area contributed by atoms with E-state index in [1.165, 1.54) is 20.5 Å². The number of aliphatic hydroxyl groups is 1. The molecule has 2 aromatic carbocycles. The van der Waals surface area contributed by atoms with Gasteiger partial charge in [-0.1, -0.05) is 6.07 Å². The van der Waals surface area contributed by atoms with E-state index >= 15 is 4.39 Å². The van der Waals surface area contributed by atoms with Crippen LogP contribution >= 0.6 is 11.3 Å². The first-order chi connectivity index (χ1) is 28.9. The number of amides is 3. The zero-order valence-corrected chi connectivity index (χ0v) is 34.9. The van der Waals surface area contributed by atoms with Gasteiger partial charge in [0.25, 0.3) is 5.91 Å². The zero-order valence-electron chi connectivity index (χ0n) is 34.1. The van der Waals surface area contributed by atoms with Crippen molar-refractivity contribution in [2.45, 2.75) is 94.7 Å². The number of fused-ring (bicyclic) bond motifs is 2. The number of benzene rings is 2. The molecule has 1 unspecified atom stereocenters. The number of para-hydroxylation sites is 1. The van der Waals surface area contributed by atoms with Crippen LogP contribution in [0.15, 0.2) is 47.5 Å². The molecular weight excluding hydrogens is 819 g/mol. The lowest BCUT2D eigenvalue weighted by molar-refractivity contribution is -0.141. The van der Waals surface area contributed by atoms with E-state index in [0.29, 0.717) is 47.2 Å². The number of anilines is 2. The van der Waals surface area contributed by atoms with Gasteiger partial charge >= 0.3 is 11.9 Å². The van der Waals surface area contributed by atoms with E-state index in [-0.39, 0.29) is 48.6 Å². The van der Waals surface area contributed by atoms with Crippen molar-refractivity contribution in [1.82, 2.24) is 34.3 Å². The van der Waals surface area contributed by atoms with Crippen LogP contribution in [0.25, 0.3) is 21.3 Å². The average molecular weight is 866 g/mol. The molecule has 14 nitrogen and oxygen atoms in total. The molecule has 2 aliphatic heterocycles. The molecule has 1 aliphatic carbocycles. The molecule has 3 aliphatic rings. The summed E-state index contributed by atoms with van der Waals surface area (Å²) in [6.07, 6.45) is 0.143. The van der Waals surface area contributed by atoms with Gasteiger partial charge in [0, 0.05) is 49.8 Å². The molecule has 3 amide bonds. The molecule has 61 heavy (non-hydrogen) atoms. The van der Waals surface area contributed by atoms with Gasteiger partial charge in [-0.25, -0.2) is 19.2 Å². The highest BCUT2D eigenvalue weighted by molar-refractivity contribution is 7.18. The lowest BCUT2D eigenvalue weighted by Gasteiger charge is -2.42. The Morgan fingerprint density at radius 2 is 1.80 bits per heavy atom. The van der Waals surface area contributed by atoms with E-state index in [1.807, 2.05) is 24.1 Å². The predicted octanol–water partition coefficient (Wildman–Crippen LogP) is 6.04. The Balaban J connectivity index is 0.900. The van der Waals surface area contributed by atoms with Gasteiger partial charge in [0.1, 0.15) is 17.9 Å². The van der Waals surface area contributed by atoms with Crippen LogP contribution in [0.1, 0.15) is 97.5 Å². The van der Waals surface area contributed by atoms with E-state index in [2.05, 4.69) is 25.5 Å². The number of thiazole rings is 1. The molecule has 3 atom stereocenters. The summed E-state index contributed by atoms with van der Waals surface area (Å²) < 4.78 is 59.5. The smallest absolute Gasteiger partial charge is 0.386 e. The predicted molar refractivity (Wildman–Crippen MR) is 221 cm³/mol. The first-order valence-electron chi connectivity index (χ1n) is 20.4. The highest BCUT2D eigenvalue weighted by Crippen LogP contribution is 2.42. The molecule has 3 fully saturated rings. The van der Waals surface area contributed by atoms with Crippen molar-refractivity contribution in [1.29, 1.82) is 0 Å². The molecule has 19 heteroatoms. The standard InChI is InChI=1S/C42H47F4N9O5S/c1-41(2,60)24-16-27-33(17-26(24)49-37(57)28-18-47-19-34(48-28)42(44,45)46)61-39(50-27)23-10-8-22(9-11-23)20-52(3)29-14-15-54(21-25(29)43)30-6-5-7-31-36(30)53(4)40(59)55(31)32-12-13-35(56)51-38(32)58/h5-7,16-19,22-23,25,29,32,60H,8-15,20-21H2,1-4H3,(H,49,57)(H,51,56,58)/t22?,23?,25-,29+,32?/m0/s1. The molecule has 0 radical (unpaired) electrons. The summed E-state index contributed by atoms with van der Waals surface area (Å²) in [5, 5.41) is 16.9. The Morgan fingerprint density at radius 3 is 2.49 bits per heavy atom. The number of nitrogens with zero attached hydrogens (tertiary/aromatic N) is 7. The number of hydrogen-bond acceptors (Lipinski definition) is 11. The number of halogens is 4. The molecule has 3 N–H and O–H groups in total. The number of imide groups is 1. The molecule has 3 aromatic heterocycles. The Morgan fingerprint density at radius 1 is 1.05 bits per heavy atom. The third-order valence-electron chi connectivity index (χ3n) is 12.4. The fraction of sp³-hybridized carbons (Fsp3) is 0.500. The number of alkyl halides is 4. The first kappa shape index (κ1) is 42.4. The van der Waals surface area contributed by atoms with Gasteiger partial charge in [-0.15, -0.1) is 11.3 Å². The van der Waals surface area contributed by atoms with Crippen LogP contribution in [0.2, 0.25) is 0 Å². The molecule has 0 bridgehead atoms. The molecule has 5 heterocycles.